The summed E-state index contributed by atoms with van der Waals surface area (Å²) < 4.78 is 0.925. The Bertz CT molecular complexity index is 489. The second-order valence-electron chi connectivity index (χ2n) is 5.00. The molecule has 118 valence electrons. The van der Waals surface area contributed by atoms with Crippen molar-refractivity contribution in [2.45, 2.75) is 18.9 Å². The summed E-state index contributed by atoms with van der Waals surface area (Å²) in [7, 11) is 3.36. The van der Waals surface area contributed by atoms with Gasteiger partial charge in [0, 0.05) is 31.5 Å². The molecule has 21 heavy (non-hydrogen) atoms. The molecule has 0 bridgehead atoms. The van der Waals surface area contributed by atoms with Crippen LogP contribution in [0.3, 0.4) is 0 Å². The highest BCUT2D eigenvalue weighted by molar-refractivity contribution is 9.10. The Balaban J connectivity index is 0.00000400. The summed E-state index contributed by atoms with van der Waals surface area (Å²) in [6.45, 7) is 1.93. The van der Waals surface area contributed by atoms with E-state index in [1.165, 1.54) is 4.90 Å². The van der Waals surface area contributed by atoms with Crippen LogP contribution >= 0.6 is 28.3 Å². The van der Waals surface area contributed by atoms with E-state index in [2.05, 4.69) is 21.2 Å². The van der Waals surface area contributed by atoms with Crippen molar-refractivity contribution in [2.75, 3.05) is 20.6 Å². The maximum Gasteiger partial charge on any atom is 0.244 e. The molecule has 1 rings (SSSR count). The normalized spacial score (nSPS) is 12.8. The third-order valence-corrected chi connectivity index (χ3v) is 3.57. The first-order valence-electron chi connectivity index (χ1n) is 6.28. The lowest BCUT2D eigenvalue weighted by Gasteiger charge is -2.24. The average Bonchev–Trinajstić information content (AvgIpc) is 2.38. The minimum Gasteiger partial charge on any atom is -0.354 e. The third-order valence-electron chi connectivity index (χ3n) is 3.04. The van der Waals surface area contributed by atoms with Gasteiger partial charge in [0.2, 0.25) is 11.8 Å². The summed E-state index contributed by atoms with van der Waals surface area (Å²) >= 11 is 3.34. The van der Waals surface area contributed by atoms with E-state index in [1.807, 2.05) is 12.1 Å². The van der Waals surface area contributed by atoms with Gasteiger partial charge in [0.25, 0.3) is 0 Å². The lowest BCUT2D eigenvalue weighted by Crippen LogP contribution is -2.49. The number of carbonyl (C=O) groups excluding carboxylic acids is 2. The van der Waals surface area contributed by atoms with E-state index in [1.54, 1.807) is 33.2 Å². The summed E-state index contributed by atoms with van der Waals surface area (Å²) in [5.74, 6) is -0.334. The first-order chi connectivity index (χ1) is 9.25. The van der Waals surface area contributed by atoms with E-state index < -0.39 is 5.54 Å². The third kappa shape index (κ3) is 5.65. The molecule has 3 N–H and O–H groups in total. The van der Waals surface area contributed by atoms with Crippen molar-refractivity contribution in [3.63, 3.8) is 0 Å². The van der Waals surface area contributed by atoms with E-state index >= 15 is 0 Å². The van der Waals surface area contributed by atoms with Crippen molar-refractivity contribution in [2.24, 2.45) is 5.73 Å². The lowest BCUT2D eigenvalue weighted by molar-refractivity contribution is -0.129. The highest BCUT2D eigenvalue weighted by atomic mass is 79.9. The van der Waals surface area contributed by atoms with E-state index in [0.29, 0.717) is 0 Å². The maximum atomic E-state index is 12.1. The molecule has 0 aliphatic heterocycles. The van der Waals surface area contributed by atoms with Crippen molar-refractivity contribution in [1.29, 1.82) is 0 Å². The predicted molar refractivity (Wildman–Crippen MR) is 89.3 cm³/mol. The number of nitrogens with zero attached hydrogens (tertiary/aromatic N) is 1. The summed E-state index contributed by atoms with van der Waals surface area (Å²) in [5, 5.41) is 2.70. The van der Waals surface area contributed by atoms with E-state index in [0.717, 1.165) is 10.0 Å². The number of nitrogens with one attached hydrogen (secondary N) is 1. The van der Waals surface area contributed by atoms with Gasteiger partial charge in [-0.15, -0.1) is 12.4 Å². The van der Waals surface area contributed by atoms with Gasteiger partial charge in [-0.1, -0.05) is 28.1 Å². The highest BCUT2D eigenvalue weighted by Crippen LogP contribution is 2.20. The van der Waals surface area contributed by atoms with E-state index in [-0.39, 0.29) is 37.2 Å². The summed E-state index contributed by atoms with van der Waals surface area (Å²) in [6, 6.07) is 7.27. The Kier molecular flexibility index (Phi) is 7.92. The van der Waals surface area contributed by atoms with Gasteiger partial charge in [0.1, 0.15) is 5.54 Å². The standard InChI is InChI=1S/C14H20BrN3O2.ClH/c1-14(16,10-4-6-11(15)7-5-10)13(20)17-9-8-12(19)18(2)3;/h4-7H,8-9,16H2,1-3H3,(H,17,20);1H. The summed E-state index contributed by atoms with van der Waals surface area (Å²) in [4.78, 5) is 25.0. The molecule has 1 aromatic carbocycles. The second kappa shape index (κ2) is 8.36. The van der Waals surface area contributed by atoms with Crippen LogP contribution in [-0.2, 0) is 15.1 Å². The maximum absolute atomic E-state index is 12.1. The fourth-order valence-electron chi connectivity index (χ4n) is 1.62. The molecule has 0 spiro atoms. The first-order valence-corrected chi connectivity index (χ1v) is 7.08. The molecule has 1 aromatic rings. The quantitative estimate of drug-likeness (QED) is 0.818. The molecule has 0 fully saturated rings. The molecule has 0 aromatic heterocycles. The van der Waals surface area contributed by atoms with Crippen LogP contribution in [0, 0.1) is 0 Å². The largest absolute Gasteiger partial charge is 0.354 e. The summed E-state index contributed by atoms with van der Waals surface area (Å²) in [5.41, 5.74) is 5.68. The molecule has 1 atom stereocenters. The van der Waals surface area contributed by atoms with Crippen molar-refractivity contribution in [3.8, 4) is 0 Å². The molecule has 0 saturated carbocycles. The molecule has 0 aliphatic rings. The van der Waals surface area contributed by atoms with Crippen LogP contribution in [-0.4, -0.2) is 37.4 Å². The number of carbonyl (C=O) groups is 2. The number of hydrogen-bond donors (Lipinski definition) is 2. The topological polar surface area (TPSA) is 75.4 Å². The second-order valence-corrected chi connectivity index (χ2v) is 5.92. The fraction of sp³-hybridized carbons (Fsp3) is 0.429. The van der Waals surface area contributed by atoms with Crippen molar-refractivity contribution < 1.29 is 9.59 Å². The van der Waals surface area contributed by atoms with Gasteiger partial charge >= 0.3 is 0 Å². The van der Waals surface area contributed by atoms with Gasteiger partial charge in [-0.2, -0.15) is 0 Å². The van der Waals surface area contributed by atoms with E-state index in [9.17, 15) is 9.59 Å². The zero-order chi connectivity index (χ0) is 15.3. The molecular formula is C14H21BrClN3O2. The Labute approximate surface area is 139 Å². The molecule has 0 saturated heterocycles. The van der Waals surface area contributed by atoms with Gasteiger partial charge in [0.15, 0.2) is 0 Å². The van der Waals surface area contributed by atoms with Crippen LogP contribution in [0.5, 0.6) is 0 Å². The number of rotatable bonds is 5. The molecular weight excluding hydrogens is 358 g/mol. The highest BCUT2D eigenvalue weighted by Gasteiger charge is 2.30. The first kappa shape index (κ1) is 19.9. The Morgan fingerprint density at radius 2 is 1.81 bits per heavy atom. The number of hydrogen-bond acceptors (Lipinski definition) is 3. The van der Waals surface area contributed by atoms with E-state index in [4.69, 9.17) is 5.73 Å². The van der Waals surface area contributed by atoms with Crippen molar-refractivity contribution in [3.05, 3.63) is 34.3 Å². The fourth-order valence-corrected chi connectivity index (χ4v) is 1.88. The average molecular weight is 379 g/mol. The van der Waals surface area contributed by atoms with Crippen molar-refractivity contribution in [1.82, 2.24) is 10.2 Å². The van der Waals surface area contributed by atoms with Crippen LogP contribution < -0.4 is 11.1 Å². The number of amides is 2. The molecule has 1 unspecified atom stereocenters. The zero-order valence-corrected chi connectivity index (χ0v) is 14.8. The van der Waals surface area contributed by atoms with Crippen LogP contribution in [0.2, 0.25) is 0 Å². The molecule has 5 nitrogen and oxygen atoms in total. The molecule has 7 heteroatoms. The van der Waals surface area contributed by atoms with Crippen molar-refractivity contribution >= 4 is 40.2 Å². The zero-order valence-electron chi connectivity index (χ0n) is 12.4. The molecule has 0 radical (unpaired) electrons. The minimum absolute atomic E-state index is 0. The molecule has 0 aliphatic carbocycles. The van der Waals surface area contributed by atoms with Gasteiger partial charge in [-0.3, -0.25) is 9.59 Å². The van der Waals surface area contributed by atoms with Crippen LogP contribution in [0.1, 0.15) is 18.9 Å². The van der Waals surface area contributed by atoms with Gasteiger partial charge in [0.05, 0.1) is 0 Å². The minimum atomic E-state index is -1.12. The number of nitrogens with two attached hydrogens (primary N) is 1. The van der Waals surface area contributed by atoms with Crippen LogP contribution in [0.4, 0.5) is 0 Å². The lowest BCUT2D eigenvalue weighted by atomic mass is 9.92. The Morgan fingerprint density at radius 1 is 1.29 bits per heavy atom. The number of benzene rings is 1. The summed E-state index contributed by atoms with van der Waals surface area (Å²) in [6.07, 6.45) is 0.259. The van der Waals surface area contributed by atoms with Crippen LogP contribution in [0.15, 0.2) is 28.7 Å². The van der Waals surface area contributed by atoms with Gasteiger partial charge < -0.3 is 16.0 Å². The smallest absolute Gasteiger partial charge is 0.244 e. The molecule has 0 heterocycles. The van der Waals surface area contributed by atoms with Gasteiger partial charge in [-0.25, -0.2) is 0 Å². The SMILES string of the molecule is CN(C)C(=O)CCNC(=O)C(C)(N)c1ccc(Br)cc1.Cl. The van der Waals surface area contributed by atoms with Crippen LogP contribution in [0.25, 0.3) is 0 Å². The molecule has 2 amide bonds. The monoisotopic (exact) mass is 377 g/mol. The van der Waals surface area contributed by atoms with Gasteiger partial charge in [-0.05, 0) is 24.6 Å². The Morgan fingerprint density at radius 3 is 2.29 bits per heavy atom. The Hall–Kier alpha value is -1.11. The predicted octanol–water partition coefficient (Wildman–Crippen LogP) is 1.64. The number of halogens is 2.